The van der Waals surface area contributed by atoms with Crippen molar-refractivity contribution in [1.82, 2.24) is 5.32 Å². The number of fused-ring (bicyclic) bond motifs is 2. The number of hydrogen-bond acceptors (Lipinski definition) is 2. The topological polar surface area (TPSA) is 46.2 Å². The lowest BCUT2D eigenvalue weighted by Gasteiger charge is -2.19. The van der Waals surface area contributed by atoms with Gasteiger partial charge in [0.05, 0.1) is 0 Å². The van der Waals surface area contributed by atoms with Crippen LogP contribution in [0.3, 0.4) is 0 Å². The summed E-state index contributed by atoms with van der Waals surface area (Å²) < 4.78 is 0. The van der Waals surface area contributed by atoms with Crippen molar-refractivity contribution in [2.75, 3.05) is 6.54 Å². The van der Waals surface area contributed by atoms with Crippen LogP contribution >= 0.6 is 0 Å². The third kappa shape index (κ3) is 3.27. The van der Waals surface area contributed by atoms with E-state index in [1.54, 1.807) is 0 Å². The first-order valence-corrected chi connectivity index (χ1v) is 12.0. The molecule has 6 rings (SSSR count). The summed E-state index contributed by atoms with van der Waals surface area (Å²) in [6.45, 7) is 4.71. The van der Waals surface area contributed by atoms with Gasteiger partial charge in [-0.1, -0.05) is 72.8 Å². The number of carbonyl (C=O) groups excluding carboxylic acids is 2. The summed E-state index contributed by atoms with van der Waals surface area (Å²) >= 11 is 0. The summed E-state index contributed by atoms with van der Waals surface area (Å²) in [6, 6.07) is 26.7. The Morgan fingerprint density at radius 2 is 1.26 bits per heavy atom. The van der Waals surface area contributed by atoms with Crippen molar-refractivity contribution in [3.05, 3.63) is 107 Å². The molecule has 0 aliphatic carbocycles. The average Bonchev–Trinajstić information content (AvgIpc) is 2.89. The van der Waals surface area contributed by atoms with E-state index < -0.39 is 0 Å². The molecule has 0 unspecified atom stereocenters. The number of benzene rings is 6. The second kappa shape index (κ2) is 8.21. The molecular formula is C32H25NO2. The third-order valence-electron chi connectivity index (χ3n) is 7.26. The Labute approximate surface area is 203 Å². The fraction of sp³-hybridized carbons (Fsp3) is 0.125. The van der Waals surface area contributed by atoms with Gasteiger partial charge in [0.2, 0.25) is 0 Å². The van der Waals surface area contributed by atoms with Crippen LogP contribution in [-0.4, -0.2) is 18.7 Å². The van der Waals surface area contributed by atoms with Crippen molar-refractivity contribution >= 4 is 55.3 Å². The van der Waals surface area contributed by atoms with Crippen LogP contribution in [0.25, 0.3) is 43.1 Å². The van der Waals surface area contributed by atoms with Gasteiger partial charge in [-0.05, 0) is 86.1 Å². The van der Waals surface area contributed by atoms with Gasteiger partial charge in [0.15, 0.2) is 6.29 Å². The first kappa shape index (κ1) is 21.3. The Kier molecular flexibility index (Phi) is 5.00. The highest BCUT2D eigenvalue weighted by molar-refractivity contribution is 6.35. The van der Waals surface area contributed by atoms with Gasteiger partial charge in [0, 0.05) is 17.7 Å². The Bertz CT molecular complexity index is 1750. The van der Waals surface area contributed by atoms with E-state index in [9.17, 15) is 9.59 Å². The molecule has 0 heterocycles. The number of amides is 1. The molecule has 0 aromatic heterocycles. The van der Waals surface area contributed by atoms with Crippen LogP contribution in [-0.2, 0) is 6.42 Å². The van der Waals surface area contributed by atoms with Gasteiger partial charge >= 0.3 is 0 Å². The summed E-state index contributed by atoms with van der Waals surface area (Å²) in [6.07, 6.45) is 1.74. The predicted octanol–water partition coefficient (Wildman–Crippen LogP) is 7.14. The minimum absolute atomic E-state index is 0.0520. The summed E-state index contributed by atoms with van der Waals surface area (Å²) in [5.41, 5.74) is 4.79. The quantitative estimate of drug-likeness (QED) is 0.171. The SMILES string of the molecule is Cc1ccc2c3ccc(C(=O)NCCc4ccccc4)c4c(C)ccc(c5ccc(C=O)c1c52)c43. The zero-order valence-electron chi connectivity index (χ0n) is 19.8. The van der Waals surface area contributed by atoms with Gasteiger partial charge in [-0.15, -0.1) is 0 Å². The summed E-state index contributed by atoms with van der Waals surface area (Å²) in [5.74, 6) is -0.0520. The molecule has 6 aromatic rings. The molecule has 0 saturated heterocycles. The molecule has 3 nitrogen and oxygen atoms in total. The van der Waals surface area contributed by atoms with E-state index in [1.807, 2.05) is 30.3 Å². The average molecular weight is 456 g/mol. The predicted molar refractivity (Wildman–Crippen MR) is 145 cm³/mol. The zero-order chi connectivity index (χ0) is 24.1. The lowest BCUT2D eigenvalue weighted by Crippen LogP contribution is -2.26. The Hall–Kier alpha value is -4.24. The summed E-state index contributed by atoms with van der Waals surface area (Å²) in [5, 5.41) is 11.8. The maximum absolute atomic E-state index is 13.3. The second-order valence-corrected chi connectivity index (χ2v) is 9.33. The van der Waals surface area contributed by atoms with Crippen molar-refractivity contribution in [2.24, 2.45) is 0 Å². The molecule has 0 fully saturated rings. The molecule has 0 aliphatic heterocycles. The fourth-order valence-corrected chi connectivity index (χ4v) is 5.61. The molecule has 0 radical (unpaired) electrons. The normalized spacial score (nSPS) is 11.6. The Morgan fingerprint density at radius 3 is 1.91 bits per heavy atom. The van der Waals surface area contributed by atoms with Crippen molar-refractivity contribution in [3.63, 3.8) is 0 Å². The summed E-state index contributed by atoms with van der Waals surface area (Å²) in [4.78, 5) is 25.2. The number of carbonyl (C=O) groups is 2. The summed E-state index contributed by atoms with van der Waals surface area (Å²) in [7, 11) is 0. The fourth-order valence-electron chi connectivity index (χ4n) is 5.61. The van der Waals surface area contributed by atoms with Gasteiger partial charge in [-0.3, -0.25) is 9.59 Å². The number of hydrogen-bond donors (Lipinski definition) is 1. The molecule has 0 bridgehead atoms. The van der Waals surface area contributed by atoms with E-state index in [0.717, 1.165) is 66.9 Å². The number of nitrogens with one attached hydrogen (secondary N) is 1. The maximum atomic E-state index is 13.3. The molecule has 0 atom stereocenters. The minimum atomic E-state index is -0.0520. The van der Waals surface area contributed by atoms with Gasteiger partial charge in [0.25, 0.3) is 5.91 Å². The molecule has 1 N–H and O–H groups in total. The van der Waals surface area contributed by atoms with E-state index in [4.69, 9.17) is 0 Å². The molecular weight excluding hydrogens is 430 g/mol. The highest BCUT2D eigenvalue weighted by Gasteiger charge is 2.20. The third-order valence-corrected chi connectivity index (χ3v) is 7.26. The molecule has 170 valence electrons. The molecule has 35 heavy (non-hydrogen) atoms. The van der Waals surface area contributed by atoms with E-state index in [0.29, 0.717) is 17.7 Å². The monoisotopic (exact) mass is 455 g/mol. The number of aldehydes is 1. The van der Waals surface area contributed by atoms with Crippen LogP contribution in [0.2, 0.25) is 0 Å². The van der Waals surface area contributed by atoms with Crippen LogP contribution in [0.5, 0.6) is 0 Å². The van der Waals surface area contributed by atoms with Crippen LogP contribution in [0.1, 0.15) is 37.4 Å². The molecule has 3 heteroatoms. The van der Waals surface area contributed by atoms with Crippen LogP contribution in [0.4, 0.5) is 0 Å². The van der Waals surface area contributed by atoms with Gasteiger partial charge in [0.1, 0.15) is 0 Å². The standard InChI is InChI=1S/C32H25NO2/c1-19-8-11-23-26-14-15-27(32(35)33-17-16-21-6-4-3-5-7-21)29-20(2)9-12-24(31(26)29)25-13-10-22(18-34)28(19)30(23)25/h3-15,18H,16-17H2,1-2H3,(H,33,35). The highest BCUT2D eigenvalue weighted by atomic mass is 16.1. The van der Waals surface area contributed by atoms with Crippen molar-refractivity contribution < 1.29 is 9.59 Å². The second-order valence-electron chi connectivity index (χ2n) is 9.33. The first-order chi connectivity index (χ1) is 17.1. The highest BCUT2D eigenvalue weighted by Crippen LogP contribution is 2.43. The first-order valence-electron chi connectivity index (χ1n) is 12.0. The van der Waals surface area contributed by atoms with Crippen LogP contribution < -0.4 is 5.32 Å². The van der Waals surface area contributed by atoms with E-state index in [2.05, 4.69) is 67.7 Å². The maximum Gasteiger partial charge on any atom is 0.251 e. The number of rotatable bonds is 5. The van der Waals surface area contributed by atoms with Crippen LogP contribution in [0, 0.1) is 13.8 Å². The van der Waals surface area contributed by atoms with Crippen molar-refractivity contribution in [1.29, 1.82) is 0 Å². The largest absolute Gasteiger partial charge is 0.352 e. The minimum Gasteiger partial charge on any atom is -0.352 e. The molecule has 6 aromatic carbocycles. The zero-order valence-corrected chi connectivity index (χ0v) is 19.8. The molecule has 1 amide bonds. The van der Waals surface area contributed by atoms with Gasteiger partial charge in [-0.25, -0.2) is 0 Å². The van der Waals surface area contributed by atoms with Gasteiger partial charge in [-0.2, -0.15) is 0 Å². The Balaban J connectivity index is 1.55. The smallest absolute Gasteiger partial charge is 0.251 e. The molecule has 0 saturated carbocycles. The lowest BCUT2D eigenvalue weighted by atomic mass is 9.85. The Morgan fingerprint density at radius 1 is 0.686 bits per heavy atom. The molecule has 0 aliphatic rings. The van der Waals surface area contributed by atoms with Crippen molar-refractivity contribution in [3.8, 4) is 0 Å². The van der Waals surface area contributed by atoms with E-state index in [-0.39, 0.29) is 5.91 Å². The van der Waals surface area contributed by atoms with Crippen LogP contribution in [0.15, 0.2) is 78.9 Å². The van der Waals surface area contributed by atoms with Crippen molar-refractivity contribution in [2.45, 2.75) is 20.3 Å². The van der Waals surface area contributed by atoms with E-state index >= 15 is 0 Å². The van der Waals surface area contributed by atoms with E-state index in [1.165, 1.54) is 5.56 Å². The molecule has 0 spiro atoms. The number of aryl methyl sites for hydroxylation is 2. The lowest BCUT2D eigenvalue weighted by molar-refractivity contribution is 0.0955. The van der Waals surface area contributed by atoms with Gasteiger partial charge < -0.3 is 5.32 Å².